The number of nitrogens with one attached hydrogen (secondary N) is 3. The third-order valence-electron chi connectivity index (χ3n) is 2.79. The Morgan fingerprint density at radius 3 is 2.63 bits per heavy atom. The van der Waals surface area contributed by atoms with E-state index >= 15 is 0 Å². The van der Waals surface area contributed by atoms with Gasteiger partial charge in [0, 0.05) is 19.3 Å². The quantitative estimate of drug-likeness (QED) is 0.404. The second kappa shape index (κ2) is 10.1. The van der Waals surface area contributed by atoms with Crippen LogP contribution in [0.4, 0.5) is 0 Å². The molecule has 5 nitrogen and oxygen atoms in total. The van der Waals surface area contributed by atoms with E-state index in [1.807, 2.05) is 6.07 Å². The lowest BCUT2D eigenvalue weighted by atomic mass is 10.0. The van der Waals surface area contributed by atoms with Gasteiger partial charge in [-0.05, 0) is 31.7 Å². The molecule has 1 atom stereocenters. The summed E-state index contributed by atoms with van der Waals surface area (Å²) in [5.41, 5.74) is 1.05. The summed E-state index contributed by atoms with van der Waals surface area (Å²) in [6.07, 6.45) is 4.13. The first-order valence-electron chi connectivity index (χ1n) is 6.57. The number of hydrogen-bond acceptors (Lipinski definition) is 2. The second-order valence-corrected chi connectivity index (χ2v) is 5.02. The molecule has 0 spiro atoms. The van der Waals surface area contributed by atoms with Crippen LogP contribution in [0.5, 0.6) is 0 Å². The van der Waals surface area contributed by atoms with Gasteiger partial charge in [-0.3, -0.25) is 10.1 Å². The molecule has 19 heavy (non-hydrogen) atoms. The molecule has 0 saturated carbocycles. The largest absolute Gasteiger partial charge is 0.354 e. The summed E-state index contributed by atoms with van der Waals surface area (Å²) in [6, 6.07) is 2.38. The standard InChI is InChI=1S/C13H25N5.HI/c1-10(2)5-6-11(3)17-13(14-4)15-9-12-7-8-16-18-12;/h7-8,10-11H,5-6,9H2,1-4H3,(H,16,18)(H2,14,15,17);1H. The van der Waals surface area contributed by atoms with Crippen LogP contribution in [-0.4, -0.2) is 29.2 Å². The molecule has 110 valence electrons. The van der Waals surface area contributed by atoms with Crippen molar-refractivity contribution in [2.24, 2.45) is 10.9 Å². The highest BCUT2D eigenvalue weighted by molar-refractivity contribution is 14.0. The van der Waals surface area contributed by atoms with Crippen LogP contribution in [0.25, 0.3) is 0 Å². The molecule has 1 heterocycles. The fourth-order valence-corrected chi connectivity index (χ4v) is 1.65. The van der Waals surface area contributed by atoms with Gasteiger partial charge in [-0.25, -0.2) is 0 Å². The number of guanidine groups is 1. The Hall–Kier alpha value is -0.790. The van der Waals surface area contributed by atoms with E-state index in [-0.39, 0.29) is 24.0 Å². The highest BCUT2D eigenvalue weighted by Crippen LogP contribution is 2.06. The Balaban J connectivity index is 0.00000324. The molecule has 0 radical (unpaired) electrons. The van der Waals surface area contributed by atoms with Crippen LogP contribution in [-0.2, 0) is 6.54 Å². The van der Waals surface area contributed by atoms with E-state index in [0.717, 1.165) is 24.0 Å². The lowest BCUT2D eigenvalue weighted by Gasteiger charge is -2.18. The van der Waals surface area contributed by atoms with Crippen LogP contribution in [0.15, 0.2) is 17.3 Å². The molecule has 1 rings (SSSR count). The molecule has 0 saturated heterocycles. The lowest BCUT2D eigenvalue weighted by Crippen LogP contribution is -2.42. The summed E-state index contributed by atoms with van der Waals surface area (Å²) in [5, 5.41) is 13.5. The van der Waals surface area contributed by atoms with Crippen molar-refractivity contribution in [1.82, 2.24) is 20.8 Å². The maximum Gasteiger partial charge on any atom is 0.191 e. The van der Waals surface area contributed by atoms with Gasteiger partial charge in [-0.1, -0.05) is 13.8 Å². The highest BCUT2D eigenvalue weighted by atomic mass is 127. The van der Waals surface area contributed by atoms with Crippen LogP contribution >= 0.6 is 24.0 Å². The fourth-order valence-electron chi connectivity index (χ4n) is 1.65. The Bertz CT molecular complexity index is 348. The molecule has 1 aromatic rings. The van der Waals surface area contributed by atoms with E-state index in [2.05, 4.69) is 46.6 Å². The predicted molar refractivity (Wildman–Crippen MR) is 90.9 cm³/mol. The van der Waals surface area contributed by atoms with Crippen molar-refractivity contribution < 1.29 is 0 Å². The lowest BCUT2D eigenvalue weighted by molar-refractivity contribution is 0.489. The van der Waals surface area contributed by atoms with Crippen molar-refractivity contribution in [3.63, 3.8) is 0 Å². The number of nitrogens with zero attached hydrogens (tertiary/aromatic N) is 2. The maximum atomic E-state index is 4.21. The summed E-state index contributed by atoms with van der Waals surface area (Å²) >= 11 is 0. The van der Waals surface area contributed by atoms with E-state index in [1.165, 1.54) is 6.42 Å². The molecule has 6 heteroatoms. The first kappa shape index (κ1) is 18.2. The average Bonchev–Trinajstić information content (AvgIpc) is 2.84. The van der Waals surface area contributed by atoms with Gasteiger partial charge in [-0.2, -0.15) is 5.10 Å². The minimum absolute atomic E-state index is 0. The van der Waals surface area contributed by atoms with E-state index in [1.54, 1.807) is 13.2 Å². The third-order valence-corrected chi connectivity index (χ3v) is 2.79. The number of rotatable bonds is 6. The smallest absolute Gasteiger partial charge is 0.191 e. The van der Waals surface area contributed by atoms with Crippen LogP contribution in [0.1, 0.15) is 39.3 Å². The van der Waals surface area contributed by atoms with E-state index in [0.29, 0.717) is 12.6 Å². The number of hydrogen-bond donors (Lipinski definition) is 3. The SMILES string of the molecule is CN=C(NCc1ccn[nH]1)NC(C)CCC(C)C.I. The van der Waals surface area contributed by atoms with Gasteiger partial charge in [0.2, 0.25) is 0 Å². The minimum Gasteiger partial charge on any atom is -0.354 e. The van der Waals surface area contributed by atoms with Crippen LogP contribution in [0.3, 0.4) is 0 Å². The number of H-pyrrole nitrogens is 1. The van der Waals surface area contributed by atoms with Gasteiger partial charge < -0.3 is 10.6 Å². The van der Waals surface area contributed by atoms with E-state index < -0.39 is 0 Å². The number of halogens is 1. The van der Waals surface area contributed by atoms with Gasteiger partial charge in [0.25, 0.3) is 0 Å². The molecule has 1 aromatic heterocycles. The summed E-state index contributed by atoms with van der Waals surface area (Å²) in [4.78, 5) is 4.21. The molecule has 3 N–H and O–H groups in total. The van der Waals surface area contributed by atoms with Crippen molar-refractivity contribution >= 4 is 29.9 Å². The van der Waals surface area contributed by atoms with Crippen molar-refractivity contribution in [2.75, 3.05) is 7.05 Å². The molecular formula is C13H26IN5. The van der Waals surface area contributed by atoms with Crippen LogP contribution < -0.4 is 10.6 Å². The first-order valence-corrected chi connectivity index (χ1v) is 6.57. The fraction of sp³-hybridized carbons (Fsp3) is 0.692. The summed E-state index contributed by atoms with van der Waals surface area (Å²) in [5.74, 6) is 1.58. The predicted octanol–water partition coefficient (Wildman–Crippen LogP) is 2.52. The summed E-state index contributed by atoms with van der Waals surface area (Å²) in [7, 11) is 1.79. The molecule has 0 aliphatic heterocycles. The van der Waals surface area contributed by atoms with Gasteiger partial charge in [0.1, 0.15) is 0 Å². The van der Waals surface area contributed by atoms with E-state index in [9.17, 15) is 0 Å². The zero-order valence-electron chi connectivity index (χ0n) is 12.2. The Kier molecular flexibility index (Phi) is 9.63. The zero-order valence-corrected chi connectivity index (χ0v) is 14.6. The topological polar surface area (TPSA) is 65.1 Å². The molecule has 0 aromatic carbocycles. The average molecular weight is 379 g/mol. The number of aliphatic imine (C=N–C) groups is 1. The Labute approximate surface area is 133 Å². The highest BCUT2D eigenvalue weighted by Gasteiger charge is 2.06. The summed E-state index contributed by atoms with van der Waals surface area (Å²) in [6.45, 7) is 7.39. The van der Waals surface area contributed by atoms with Gasteiger partial charge in [0.05, 0.1) is 12.2 Å². The van der Waals surface area contributed by atoms with Crippen LogP contribution in [0, 0.1) is 5.92 Å². The van der Waals surface area contributed by atoms with Crippen LogP contribution in [0.2, 0.25) is 0 Å². The molecule has 1 unspecified atom stereocenters. The zero-order chi connectivity index (χ0) is 13.4. The molecule has 0 aliphatic rings. The first-order chi connectivity index (χ1) is 8.61. The molecule has 0 fully saturated rings. The normalized spacial score (nSPS) is 13.0. The molecule has 0 bridgehead atoms. The monoisotopic (exact) mass is 379 g/mol. The summed E-state index contributed by atoms with van der Waals surface area (Å²) < 4.78 is 0. The van der Waals surface area contributed by atoms with Gasteiger partial charge in [0.15, 0.2) is 5.96 Å². The maximum absolute atomic E-state index is 4.21. The van der Waals surface area contributed by atoms with Gasteiger partial charge in [-0.15, -0.1) is 24.0 Å². The van der Waals surface area contributed by atoms with Crippen molar-refractivity contribution in [3.8, 4) is 0 Å². The Morgan fingerprint density at radius 2 is 2.11 bits per heavy atom. The van der Waals surface area contributed by atoms with Crippen molar-refractivity contribution in [1.29, 1.82) is 0 Å². The number of aromatic amines is 1. The van der Waals surface area contributed by atoms with Crippen molar-refractivity contribution in [3.05, 3.63) is 18.0 Å². The van der Waals surface area contributed by atoms with Gasteiger partial charge >= 0.3 is 0 Å². The number of aromatic nitrogens is 2. The molecule has 0 aliphatic carbocycles. The third kappa shape index (κ3) is 8.07. The Morgan fingerprint density at radius 1 is 1.37 bits per heavy atom. The van der Waals surface area contributed by atoms with E-state index in [4.69, 9.17) is 0 Å². The molecular weight excluding hydrogens is 353 g/mol. The second-order valence-electron chi connectivity index (χ2n) is 5.02. The van der Waals surface area contributed by atoms with Crippen molar-refractivity contribution in [2.45, 2.75) is 46.2 Å². The molecule has 0 amide bonds. The minimum atomic E-state index is 0.